The van der Waals surface area contributed by atoms with Crippen molar-refractivity contribution in [2.24, 2.45) is 0 Å². The number of halogens is 3. The first-order valence-electron chi connectivity index (χ1n) is 5.60. The fourth-order valence-corrected chi connectivity index (χ4v) is 2.33. The molecule has 1 aromatic carbocycles. The molecule has 0 aliphatic heterocycles. The van der Waals surface area contributed by atoms with Crippen molar-refractivity contribution in [3.8, 4) is 0 Å². The van der Waals surface area contributed by atoms with Crippen LogP contribution in [0.2, 0.25) is 0 Å². The Labute approximate surface area is 110 Å². The van der Waals surface area contributed by atoms with E-state index in [0.29, 0.717) is 6.54 Å². The van der Waals surface area contributed by atoms with E-state index in [4.69, 9.17) is 0 Å². The van der Waals surface area contributed by atoms with E-state index in [2.05, 4.69) is 5.32 Å². The van der Waals surface area contributed by atoms with Gasteiger partial charge in [-0.05, 0) is 24.2 Å². The SMILES string of the molecule is CCNCc1ccc(S(=O)(=O)NCC(F)(F)F)cc1. The summed E-state index contributed by atoms with van der Waals surface area (Å²) >= 11 is 0. The maximum absolute atomic E-state index is 12.0. The summed E-state index contributed by atoms with van der Waals surface area (Å²) in [6, 6.07) is 5.69. The number of nitrogens with one attached hydrogen (secondary N) is 2. The van der Waals surface area contributed by atoms with Crippen LogP contribution >= 0.6 is 0 Å². The molecule has 0 heterocycles. The van der Waals surface area contributed by atoms with Crippen LogP contribution in [0.25, 0.3) is 0 Å². The van der Waals surface area contributed by atoms with E-state index < -0.39 is 22.7 Å². The van der Waals surface area contributed by atoms with Crippen LogP contribution in [0, 0.1) is 0 Å². The molecule has 0 amide bonds. The Balaban J connectivity index is 2.73. The lowest BCUT2D eigenvalue weighted by molar-refractivity contribution is -0.121. The van der Waals surface area contributed by atoms with Crippen LogP contribution in [-0.2, 0) is 16.6 Å². The summed E-state index contributed by atoms with van der Waals surface area (Å²) in [6.45, 7) is 1.70. The van der Waals surface area contributed by atoms with Crippen LogP contribution in [0.15, 0.2) is 29.2 Å². The van der Waals surface area contributed by atoms with E-state index in [1.165, 1.54) is 16.9 Å². The van der Waals surface area contributed by atoms with Crippen molar-refractivity contribution in [2.45, 2.75) is 24.5 Å². The van der Waals surface area contributed by atoms with Gasteiger partial charge in [-0.1, -0.05) is 19.1 Å². The first-order chi connectivity index (χ1) is 8.74. The van der Waals surface area contributed by atoms with E-state index >= 15 is 0 Å². The molecule has 1 rings (SSSR count). The van der Waals surface area contributed by atoms with E-state index in [0.717, 1.165) is 12.1 Å². The smallest absolute Gasteiger partial charge is 0.313 e. The summed E-state index contributed by atoms with van der Waals surface area (Å²) < 4.78 is 60.6. The van der Waals surface area contributed by atoms with Gasteiger partial charge < -0.3 is 5.32 Å². The molecule has 0 saturated carbocycles. The lowest BCUT2D eigenvalue weighted by atomic mass is 10.2. The van der Waals surface area contributed by atoms with Gasteiger partial charge in [-0.15, -0.1) is 0 Å². The first kappa shape index (κ1) is 15.9. The Morgan fingerprint density at radius 2 is 1.74 bits per heavy atom. The van der Waals surface area contributed by atoms with Gasteiger partial charge in [-0.25, -0.2) is 13.1 Å². The second-order valence-corrected chi connectivity index (χ2v) is 5.63. The lowest BCUT2D eigenvalue weighted by Gasteiger charge is -2.10. The Morgan fingerprint density at radius 1 is 1.16 bits per heavy atom. The van der Waals surface area contributed by atoms with Crippen molar-refractivity contribution < 1.29 is 21.6 Å². The summed E-state index contributed by atoms with van der Waals surface area (Å²) in [5.41, 5.74) is 0.858. The molecular formula is C11H15F3N2O2S. The maximum Gasteiger partial charge on any atom is 0.402 e. The van der Waals surface area contributed by atoms with Crippen molar-refractivity contribution in [1.82, 2.24) is 10.0 Å². The van der Waals surface area contributed by atoms with E-state index in [1.54, 1.807) is 12.1 Å². The molecule has 0 radical (unpaired) electrons. The minimum Gasteiger partial charge on any atom is -0.313 e. The Hall–Kier alpha value is -1.12. The fourth-order valence-electron chi connectivity index (χ4n) is 1.32. The van der Waals surface area contributed by atoms with Crippen LogP contribution in [0.4, 0.5) is 13.2 Å². The minimum atomic E-state index is -4.57. The van der Waals surface area contributed by atoms with Gasteiger partial charge in [0.1, 0.15) is 6.54 Å². The van der Waals surface area contributed by atoms with Gasteiger partial charge in [0.2, 0.25) is 10.0 Å². The highest BCUT2D eigenvalue weighted by Crippen LogP contribution is 2.15. The average molecular weight is 296 g/mol. The van der Waals surface area contributed by atoms with E-state index in [1.807, 2.05) is 6.92 Å². The normalized spacial score (nSPS) is 12.6. The zero-order valence-electron chi connectivity index (χ0n) is 10.3. The number of hydrogen-bond donors (Lipinski definition) is 2. The first-order valence-corrected chi connectivity index (χ1v) is 7.09. The molecule has 2 N–H and O–H groups in total. The third-order valence-electron chi connectivity index (χ3n) is 2.28. The second kappa shape index (κ2) is 6.36. The molecule has 8 heteroatoms. The summed E-state index contributed by atoms with van der Waals surface area (Å²) in [7, 11) is -4.12. The zero-order valence-corrected chi connectivity index (χ0v) is 11.1. The van der Waals surface area contributed by atoms with Crippen LogP contribution in [0.3, 0.4) is 0 Å². The molecule has 1 aromatic rings. The van der Waals surface area contributed by atoms with Gasteiger partial charge in [0.05, 0.1) is 4.90 Å². The number of benzene rings is 1. The highest BCUT2D eigenvalue weighted by Gasteiger charge is 2.29. The zero-order chi connectivity index (χ0) is 14.5. The second-order valence-electron chi connectivity index (χ2n) is 3.86. The van der Waals surface area contributed by atoms with Crippen LogP contribution in [0.1, 0.15) is 12.5 Å². The molecule has 0 aliphatic rings. The molecule has 0 aliphatic carbocycles. The van der Waals surface area contributed by atoms with Gasteiger partial charge >= 0.3 is 6.18 Å². The van der Waals surface area contributed by atoms with Gasteiger partial charge in [0, 0.05) is 6.54 Å². The van der Waals surface area contributed by atoms with Gasteiger partial charge in [0.15, 0.2) is 0 Å². The summed E-state index contributed by atoms with van der Waals surface area (Å²) in [4.78, 5) is -0.183. The van der Waals surface area contributed by atoms with Crippen molar-refractivity contribution in [3.05, 3.63) is 29.8 Å². The highest BCUT2D eigenvalue weighted by atomic mass is 32.2. The van der Waals surface area contributed by atoms with Crippen molar-refractivity contribution in [3.63, 3.8) is 0 Å². The summed E-state index contributed by atoms with van der Waals surface area (Å²) in [6.07, 6.45) is -4.57. The van der Waals surface area contributed by atoms with Crippen LogP contribution in [-0.4, -0.2) is 27.7 Å². The minimum absolute atomic E-state index is 0.183. The summed E-state index contributed by atoms with van der Waals surface area (Å²) in [5.74, 6) is 0. The lowest BCUT2D eigenvalue weighted by Crippen LogP contribution is -2.33. The standard InChI is InChI=1S/C11H15F3N2O2S/c1-2-15-7-9-3-5-10(6-4-9)19(17,18)16-8-11(12,13)14/h3-6,15-16H,2,7-8H2,1H3. The molecule has 19 heavy (non-hydrogen) atoms. The van der Waals surface area contributed by atoms with E-state index in [9.17, 15) is 21.6 Å². The van der Waals surface area contributed by atoms with Gasteiger partial charge in [-0.2, -0.15) is 13.2 Å². The monoisotopic (exact) mass is 296 g/mol. The van der Waals surface area contributed by atoms with E-state index in [-0.39, 0.29) is 4.90 Å². The molecule has 4 nitrogen and oxygen atoms in total. The molecule has 0 aromatic heterocycles. The fraction of sp³-hybridized carbons (Fsp3) is 0.455. The molecule has 0 fully saturated rings. The predicted octanol–water partition coefficient (Wildman–Crippen LogP) is 1.64. The van der Waals surface area contributed by atoms with Gasteiger partial charge in [0.25, 0.3) is 0 Å². The predicted molar refractivity (Wildman–Crippen MR) is 65.1 cm³/mol. The van der Waals surface area contributed by atoms with Crippen molar-refractivity contribution >= 4 is 10.0 Å². The Kier molecular flexibility index (Phi) is 5.33. The van der Waals surface area contributed by atoms with Crippen molar-refractivity contribution in [2.75, 3.05) is 13.1 Å². The maximum atomic E-state index is 12.0. The van der Waals surface area contributed by atoms with Crippen LogP contribution in [0.5, 0.6) is 0 Å². The molecular weight excluding hydrogens is 281 g/mol. The number of hydrogen-bond acceptors (Lipinski definition) is 3. The average Bonchev–Trinajstić information content (AvgIpc) is 2.34. The molecule has 0 saturated heterocycles. The summed E-state index contributed by atoms with van der Waals surface area (Å²) in [5, 5.41) is 3.05. The Morgan fingerprint density at radius 3 is 2.21 bits per heavy atom. The third kappa shape index (κ3) is 5.58. The number of sulfonamides is 1. The quantitative estimate of drug-likeness (QED) is 0.839. The third-order valence-corrected chi connectivity index (χ3v) is 3.69. The van der Waals surface area contributed by atoms with Gasteiger partial charge in [-0.3, -0.25) is 0 Å². The van der Waals surface area contributed by atoms with Crippen LogP contribution < -0.4 is 10.0 Å². The topological polar surface area (TPSA) is 58.2 Å². The molecule has 0 bridgehead atoms. The number of alkyl halides is 3. The highest BCUT2D eigenvalue weighted by molar-refractivity contribution is 7.89. The largest absolute Gasteiger partial charge is 0.402 e. The Bertz CT molecular complexity index is 498. The molecule has 0 spiro atoms. The molecule has 108 valence electrons. The molecule has 0 unspecified atom stereocenters. The number of rotatable bonds is 6. The van der Waals surface area contributed by atoms with Crippen molar-refractivity contribution in [1.29, 1.82) is 0 Å². The molecule has 0 atom stereocenters.